The Morgan fingerprint density at radius 1 is 0.867 bits per heavy atom. The lowest BCUT2D eigenvalue weighted by atomic mass is 9.64. The minimum absolute atomic E-state index is 1.06. The van der Waals surface area contributed by atoms with Crippen LogP contribution in [0.4, 0.5) is 0 Å². The fourth-order valence-electron chi connectivity index (χ4n) is 6.70. The highest BCUT2D eigenvalue weighted by atomic mass is 14.7. The third-order valence-electron chi connectivity index (χ3n) is 6.81. The molecule has 5 fully saturated rings. The summed E-state index contributed by atoms with van der Waals surface area (Å²) >= 11 is 0. The Balaban J connectivity index is 1.59. The molecule has 0 aliphatic heterocycles. The third-order valence-corrected chi connectivity index (χ3v) is 6.81. The van der Waals surface area contributed by atoms with E-state index in [1.54, 1.807) is 19.3 Å². The summed E-state index contributed by atoms with van der Waals surface area (Å²) in [4.78, 5) is 0. The van der Waals surface area contributed by atoms with E-state index in [2.05, 4.69) is 12.8 Å². The van der Waals surface area contributed by atoms with Gasteiger partial charge in [0, 0.05) is 0 Å². The van der Waals surface area contributed by atoms with Crippen LogP contribution in [0.15, 0.2) is 0 Å². The molecule has 5 rings (SSSR count). The molecule has 5 aliphatic rings. The van der Waals surface area contributed by atoms with Gasteiger partial charge in [-0.05, 0) is 92.3 Å². The molecule has 15 heavy (non-hydrogen) atoms. The van der Waals surface area contributed by atoms with E-state index < -0.39 is 0 Å². The molecule has 2 radical (unpaired) electrons. The standard InChI is InChI=1S/C15H20/c1-2-10-11(3-1)13-7-12(10)14-8-4-5-9(6-8)15(13)14/h2,4,8-15H,1,3,5-7H2. The molecule has 0 nitrogen and oxygen atoms in total. The lowest BCUT2D eigenvalue weighted by molar-refractivity contribution is 0.0970. The van der Waals surface area contributed by atoms with Crippen molar-refractivity contribution in [3.63, 3.8) is 0 Å². The Kier molecular flexibility index (Phi) is 1.34. The molecule has 0 aromatic heterocycles. The zero-order valence-electron chi connectivity index (χ0n) is 9.31. The number of rotatable bonds is 0. The van der Waals surface area contributed by atoms with E-state index in [9.17, 15) is 0 Å². The normalized spacial score (nSPS) is 68.8. The first kappa shape index (κ1) is 8.14. The van der Waals surface area contributed by atoms with Crippen molar-refractivity contribution < 1.29 is 0 Å². The summed E-state index contributed by atoms with van der Waals surface area (Å²) in [6.07, 6.45) is 13.1. The molecule has 0 heteroatoms. The predicted molar refractivity (Wildman–Crippen MR) is 59.6 cm³/mol. The summed E-state index contributed by atoms with van der Waals surface area (Å²) < 4.78 is 0. The van der Waals surface area contributed by atoms with Gasteiger partial charge in [-0.1, -0.05) is 0 Å². The SMILES string of the molecule is [CH]1CC2CC1C1C3CC(C4CC[CH]C43)C21. The monoisotopic (exact) mass is 200 g/mol. The summed E-state index contributed by atoms with van der Waals surface area (Å²) in [5, 5.41) is 0. The van der Waals surface area contributed by atoms with Crippen LogP contribution in [0.25, 0.3) is 0 Å². The van der Waals surface area contributed by atoms with E-state index in [0.717, 1.165) is 35.5 Å². The second kappa shape index (κ2) is 2.46. The van der Waals surface area contributed by atoms with Crippen LogP contribution in [0.5, 0.6) is 0 Å². The molecule has 5 saturated carbocycles. The Morgan fingerprint density at radius 2 is 1.87 bits per heavy atom. The predicted octanol–water partition coefficient (Wildman–Crippen LogP) is 3.34. The molecule has 5 aliphatic carbocycles. The number of hydrogen-bond acceptors (Lipinski definition) is 0. The van der Waals surface area contributed by atoms with E-state index in [-0.39, 0.29) is 0 Å². The van der Waals surface area contributed by atoms with Crippen LogP contribution in [-0.2, 0) is 0 Å². The lowest BCUT2D eigenvalue weighted by Gasteiger charge is -2.40. The summed E-state index contributed by atoms with van der Waals surface area (Å²) in [6.45, 7) is 0. The zero-order chi connectivity index (χ0) is 9.57. The van der Waals surface area contributed by atoms with Gasteiger partial charge in [0.15, 0.2) is 0 Å². The average Bonchev–Trinajstić information content (AvgIpc) is 3.03. The van der Waals surface area contributed by atoms with Gasteiger partial charge in [0.05, 0.1) is 0 Å². The van der Waals surface area contributed by atoms with Gasteiger partial charge in [-0.15, -0.1) is 0 Å². The van der Waals surface area contributed by atoms with Crippen molar-refractivity contribution >= 4 is 0 Å². The van der Waals surface area contributed by atoms with Crippen molar-refractivity contribution in [3.05, 3.63) is 12.8 Å². The van der Waals surface area contributed by atoms with Crippen molar-refractivity contribution in [2.45, 2.75) is 32.1 Å². The van der Waals surface area contributed by atoms with Crippen LogP contribution in [0.2, 0.25) is 0 Å². The van der Waals surface area contributed by atoms with Crippen molar-refractivity contribution in [2.24, 2.45) is 47.3 Å². The van der Waals surface area contributed by atoms with Gasteiger partial charge >= 0.3 is 0 Å². The molecule has 80 valence electrons. The summed E-state index contributed by atoms with van der Waals surface area (Å²) in [5.74, 6) is 9.08. The quantitative estimate of drug-likeness (QED) is 0.526. The van der Waals surface area contributed by atoms with Crippen LogP contribution in [0, 0.1) is 60.2 Å². The van der Waals surface area contributed by atoms with Gasteiger partial charge in [0.25, 0.3) is 0 Å². The molecule has 0 spiro atoms. The minimum atomic E-state index is 1.06. The third kappa shape index (κ3) is 0.775. The Hall–Kier alpha value is 0. The first-order valence-electron chi connectivity index (χ1n) is 7.10. The van der Waals surface area contributed by atoms with E-state index in [1.165, 1.54) is 24.7 Å². The molecule has 4 bridgehead atoms. The lowest BCUT2D eigenvalue weighted by Crippen LogP contribution is -2.36. The largest absolute Gasteiger partial charge is 0.0496 e. The highest BCUT2D eigenvalue weighted by molar-refractivity contribution is 5.19. The van der Waals surface area contributed by atoms with Gasteiger partial charge in [-0.2, -0.15) is 0 Å². The van der Waals surface area contributed by atoms with Gasteiger partial charge in [0.1, 0.15) is 0 Å². The highest BCUT2D eigenvalue weighted by Gasteiger charge is 2.65. The van der Waals surface area contributed by atoms with Crippen molar-refractivity contribution in [3.8, 4) is 0 Å². The van der Waals surface area contributed by atoms with Crippen LogP contribution >= 0.6 is 0 Å². The topological polar surface area (TPSA) is 0 Å². The van der Waals surface area contributed by atoms with Gasteiger partial charge in [0.2, 0.25) is 0 Å². The number of fused-ring (bicyclic) bond motifs is 12. The van der Waals surface area contributed by atoms with Crippen molar-refractivity contribution in [2.75, 3.05) is 0 Å². The fourth-order valence-corrected chi connectivity index (χ4v) is 6.70. The Bertz CT molecular complexity index is 279. The maximum Gasteiger partial charge on any atom is -0.0318 e. The van der Waals surface area contributed by atoms with Crippen LogP contribution in [0.3, 0.4) is 0 Å². The Morgan fingerprint density at radius 3 is 2.87 bits per heavy atom. The number of hydrogen-bond donors (Lipinski definition) is 0. The molecule has 0 aromatic rings. The molecular weight excluding hydrogens is 180 g/mol. The molecule has 0 heterocycles. The molecule has 8 unspecified atom stereocenters. The summed E-state index contributed by atoms with van der Waals surface area (Å²) in [6, 6.07) is 0. The molecule has 0 N–H and O–H groups in total. The van der Waals surface area contributed by atoms with Crippen LogP contribution in [0.1, 0.15) is 32.1 Å². The van der Waals surface area contributed by atoms with Gasteiger partial charge < -0.3 is 0 Å². The first-order chi connectivity index (χ1) is 7.43. The van der Waals surface area contributed by atoms with E-state index in [1.807, 2.05) is 0 Å². The average molecular weight is 200 g/mol. The van der Waals surface area contributed by atoms with E-state index in [0.29, 0.717) is 0 Å². The van der Waals surface area contributed by atoms with E-state index in [4.69, 9.17) is 0 Å². The molecule has 8 atom stereocenters. The van der Waals surface area contributed by atoms with E-state index >= 15 is 0 Å². The van der Waals surface area contributed by atoms with Gasteiger partial charge in [-0.3, -0.25) is 0 Å². The van der Waals surface area contributed by atoms with Gasteiger partial charge in [-0.25, -0.2) is 0 Å². The maximum absolute atomic E-state index is 2.71. The Labute approximate surface area is 92.8 Å². The fraction of sp³-hybridized carbons (Fsp3) is 0.867. The van der Waals surface area contributed by atoms with Crippen molar-refractivity contribution in [1.82, 2.24) is 0 Å². The maximum atomic E-state index is 2.71. The summed E-state index contributed by atoms with van der Waals surface area (Å²) in [7, 11) is 0. The molecule has 0 aromatic carbocycles. The highest BCUT2D eigenvalue weighted by Crippen LogP contribution is 2.72. The zero-order valence-corrected chi connectivity index (χ0v) is 9.31. The minimum Gasteiger partial charge on any atom is -0.0496 e. The molecule has 0 saturated heterocycles. The summed E-state index contributed by atoms with van der Waals surface area (Å²) in [5.41, 5.74) is 0. The van der Waals surface area contributed by atoms with Crippen LogP contribution < -0.4 is 0 Å². The second-order valence-electron chi connectivity index (χ2n) is 6.90. The second-order valence-corrected chi connectivity index (χ2v) is 6.90. The smallest absolute Gasteiger partial charge is 0.0318 e. The molecule has 0 amide bonds. The molecular formula is C15H20. The first-order valence-corrected chi connectivity index (χ1v) is 7.10. The van der Waals surface area contributed by atoms with Crippen LogP contribution in [-0.4, -0.2) is 0 Å². The van der Waals surface area contributed by atoms with Crippen molar-refractivity contribution in [1.29, 1.82) is 0 Å².